The number of hydrogen-bond acceptors (Lipinski definition) is 5. The van der Waals surface area contributed by atoms with E-state index in [-0.39, 0.29) is 17.4 Å². The summed E-state index contributed by atoms with van der Waals surface area (Å²) in [5, 5.41) is 32.2. The summed E-state index contributed by atoms with van der Waals surface area (Å²) in [5.74, 6) is -0.0121. The molecule has 168 valence electrons. The van der Waals surface area contributed by atoms with Crippen LogP contribution in [-0.4, -0.2) is 40.5 Å². The van der Waals surface area contributed by atoms with Gasteiger partial charge in [0.05, 0.1) is 11.7 Å². The van der Waals surface area contributed by atoms with Crippen molar-refractivity contribution in [3.63, 3.8) is 0 Å². The summed E-state index contributed by atoms with van der Waals surface area (Å²) in [7, 11) is 0. The van der Waals surface area contributed by atoms with Crippen LogP contribution in [0.2, 0.25) is 0 Å². The summed E-state index contributed by atoms with van der Waals surface area (Å²) in [4.78, 5) is 11.2. The van der Waals surface area contributed by atoms with Gasteiger partial charge in [0.25, 0.3) is 0 Å². The first-order chi connectivity index (χ1) is 15.3. The maximum absolute atomic E-state index is 11.2. The highest BCUT2D eigenvalue weighted by Crippen LogP contribution is 2.30. The van der Waals surface area contributed by atoms with Gasteiger partial charge in [0.15, 0.2) is 0 Å². The third kappa shape index (κ3) is 5.66. The smallest absolute Gasteiger partial charge is 0.335 e. The number of aryl methyl sites for hydroxylation is 2. The standard InChI is InChI=1S/C26H29NO5/c1-16-14-20(26(30)31)6-10-23(16)24-11-9-22(15-17(24)2)32-13-12-27-18(3)25(29)19-4-7-21(28)8-5-19/h4-11,14-15,18,25,27-29H,12-13H2,1-3H3,(H,30,31)/t18-,25+/m1/s1. The van der Waals surface area contributed by atoms with Crippen LogP contribution in [-0.2, 0) is 0 Å². The number of nitrogens with one attached hydrogen (secondary N) is 1. The molecule has 0 unspecified atom stereocenters. The Morgan fingerprint density at radius 1 is 0.969 bits per heavy atom. The topological polar surface area (TPSA) is 99.0 Å². The van der Waals surface area contributed by atoms with Gasteiger partial charge in [-0.05, 0) is 85.0 Å². The van der Waals surface area contributed by atoms with E-state index in [1.807, 2.05) is 45.0 Å². The number of aromatic carboxylic acids is 1. The second-order valence-electron chi connectivity index (χ2n) is 7.94. The first kappa shape index (κ1) is 23.3. The fourth-order valence-electron chi connectivity index (χ4n) is 3.65. The predicted molar refractivity (Wildman–Crippen MR) is 124 cm³/mol. The van der Waals surface area contributed by atoms with Crippen molar-refractivity contribution < 1.29 is 24.9 Å². The number of aromatic hydroxyl groups is 1. The van der Waals surface area contributed by atoms with Gasteiger partial charge < -0.3 is 25.4 Å². The van der Waals surface area contributed by atoms with Gasteiger partial charge in [-0.2, -0.15) is 0 Å². The minimum absolute atomic E-state index is 0.170. The Balaban J connectivity index is 1.55. The minimum atomic E-state index is -0.932. The molecule has 3 aromatic carbocycles. The number of phenols is 1. The molecule has 0 aliphatic rings. The van der Waals surface area contributed by atoms with E-state index in [1.165, 1.54) is 0 Å². The van der Waals surface area contributed by atoms with Gasteiger partial charge in [0.1, 0.15) is 18.1 Å². The average Bonchev–Trinajstić information content (AvgIpc) is 2.77. The van der Waals surface area contributed by atoms with Crippen LogP contribution in [0.15, 0.2) is 60.7 Å². The van der Waals surface area contributed by atoms with Crippen molar-refractivity contribution in [3.8, 4) is 22.6 Å². The quantitative estimate of drug-likeness (QED) is 0.370. The Morgan fingerprint density at radius 3 is 2.19 bits per heavy atom. The summed E-state index contributed by atoms with van der Waals surface area (Å²) >= 11 is 0. The monoisotopic (exact) mass is 435 g/mol. The van der Waals surface area contributed by atoms with Gasteiger partial charge in [0.2, 0.25) is 0 Å². The van der Waals surface area contributed by atoms with Crippen molar-refractivity contribution in [1.82, 2.24) is 5.32 Å². The highest BCUT2D eigenvalue weighted by atomic mass is 16.5. The molecule has 0 fully saturated rings. The van der Waals surface area contributed by atoms with Crippen LogP contribution in [0, 0.1) is 13.8 Å². The number of carbonyl (C=O) groups is 1. The Labute approximate surface area is 188 Å². The van der Waals surface area contributed by atoms with Crippen molar-refractivity contribution in [2.24, 2.45) is 0 Å². The average molecular weight is 436 g/mol. The van der Waals surface area contributed by atoms with Crippen LogP contribution in [0.4, 0.5) is 0 Å². The molecule has 0 heterocycles. The van der Waals surface area contributed by atoms with Crippen LogP contribution in [0.1, 0.15) is 40.1 Å². The zero-order valence-electron chi connectivity index (χ0n) is 18.5. The van der Waals surface area contributed by atoms with Crippen LogP contribution >= 0.6 is 0 Å². The Kier molecular flexibility index (Phi) is 7.51. The van der Waals surface area contributed by atoms with Crippen molar-refractivity contribution in [2.45, 2.75) is 32.9 Å². The highest BCUT2D eigenvalue weighted by molar-refractivity contribution is 5.89. The summed E-state index contributed by atoms with van der Waals surface area (Å²) in [6.07, 6.45) is -0.687. The van der Waals surface area contributed by atoms with Crippen molar-refractivity contribution in [1.29, 1.82) is 0 Å². The lowest BCUT2D eigenvalue weighted by molar-refractivity contribution is 0.0696. The third-order valence-electron chi connectivity index (χ3n) is 5.51. The van der Waals surface area contributed by atoms with Gasteiger partial charge in [-0.3, -0.25) is 0 Å². The van der Waals surface area contributed by atoms with E-state index < -0.39 is 12.1 Å². The van der Waals surface area contributed by atoms with Crippen LogP contribution in [0.3, 0.4) is 0 Å². The number of benzene rings is 3. The molecule has 0 bridgehead atoms. The predicted octanol–water partition coefficient (Wildman–Crippen LogP) is 4.46. The lowest BCUT2D eigenvalue weighted by atomic mass is 9.95. The molecule has 2 atom stereocenters. The Hall–Kier alpha value is -3.35. The van der Waals surface area contributed by atoms with Crippen molar-refractivity contribution in [3.05, 3.63) is 82.9 Å². The van der Waals surface area contributed by atoms with E-state index in [1.54, 1.807) is 36.4 Å². The van der Waals surface area contributed by atoms with E-state index in [4.69, 9.17) is 9.84 Å². The lowest BCUT2D eigenvalue weighted by Crippen LogP contribution is -2.35. The molecule has 0 radical (unpaired) electrons. The summed E-state index contributed by atoms with van der Waals surface area (Å²) in [5.41, 5.74) is 5.00. The molecule has 0 amide bonds. The second kappa shape index (κ2) is 10.3. The molecule has 0 saturated heterocycles. The molecule has 0 saturated carbocycles. The van der Waals surface area contributed by atoms with Crippen LogP contribution in [0.5, 0.6) is 11.5 Å². The molecule has 6 heteroatoms. The first-order valence-corrected chi connectivity index (χ1v) is 10.5. The Bertz CT molecular complexity index is 1080. The number of ether oxygens (including phenoxy) is 1. The molecule has 32 heavy (non-hydrogen) atoms. The molecule has 0 aliphatic carbocycles. The summed E-state index contributed by atoms with van der Waals surface area (Å²) in [6.45, 7) is 6.81. The third-order valence-corrected chi connectivity index (χ3v) is 5.51. The molecule has 0 aliphatic heterocycles. The number of phenolic OH excluding ortho intramolecular Hbond substituents is 1. The number of carboxylic acid groups (broad SMARTS) is 1. The molecule has 0 spiro atoms. The lowest BCUT2D eigenvalue weighted by Gasteiger charge is -2.21. The van der Waals surface area contributed by atoms with E-state index in [9.17, 15) is 15.0 Å². The van der Waals surface area contributed by atoms with E-state index in [2.05, 4.69) is 5.32 Å². The number of aliphatic hydroxyl groups is 1. The van der Waals surface area contributed by atoms with Gasteiger partial charge in [-0.1, -0.05) is 24.3 Å². The fourth-order valence-corrected chi connectivity index (χ4v) is 3.65. The second-order valence-corrected chi connectivity index (χ2v) is 7.94. The number of rotatable bonds is 9. The highest BCUT2D eigenvalue weighted by Gasteiger charge is 2.16. The van der Waals surface area contributed by atoms with E-state index >= 15 is 0 Å². The maximum atomic E-state index is 11.2. The van der Waals surface area contributed by atoms with Gasteiger partial charge in [-0.15, -0.1) is 0 Å². The SMILES string of the molecule is Cc1cc(OCCN[C@H](C)[C@H](O)c2ccc(O)cc2)ccc1-c1ccc(C(=O)O)cc1C. The van der Waals surface area contributed by atoms with Crippen LogP contribution < -0.4 is 10.1 Å². The molecule has 6 nitrogen and oxygen atoms in total. The summed E-state index contributed by atoms with van der Waals surface area (Å²) < 4.78 is 5.86. The van der Waals surface area contributed by atoms with E-state index in [0.717, 1.165) is 33.6 Å². The van der Waals surface area contributed by atoms with Gasteiger partial charge >= 0.3 is 5.97 Å². The molecule has 3 rings (SSSR count). The Morgan fingerprint density at radius 2 is 1.59 bits per heavy atom. The normalized spacial score (nSPS) is 12.9. The molecular weight excluding hydrogens is 406 g/mol. The molecule has 4 N–H and O–H groups in total. The van der Waals surface area contributed by atoms with Gasteiger partial charge in [0, 0.05) is 12.6 Å². The largest absolute Gasteiger partial charge is 0.508 e. The number of carboxylic acids is 1. The van der Waals surface area contributed by atoms with Crippen molar-refractivity contribution in [2.75, 3.05) is 13.2 Å². The molecule has 0 aromatic heterocycles. The first-order valence-electron chi connectivity index (χ1n) is 10.5. The van der Waals surface area contributed by atoms with Crippen LogP contribution in [0.25, 0.3) is 11.1 Å². The minimum Gasteiger partial charge on any atom is -0.508 e. The summed E-state index contributed by atoms with van der Waals surface area (Å²) in [6, 6.07) is 17.3. The number of hydrogen-bond donors (Lipinski definition) is 4. The maximum Gasteiger partial charge on any atom is 0.335 e. The number of aliphatic hydroxyl groups excluding tert-OH is 1. The van der Waals surface area contributed by atoms with E-state index in [0.29, 0.717) is 13.2 Å². The van der Waals surface area contributed by atoms with Crippen molar-refractivity contribution >= 4 is 5.97 Å². The molecule has 3 aromatic rings. The molecular formula is C26H29NO5. The zero-order valence-corrected chi connectivity index (χ0v) is 18.5. The van der Waals surface area contributed by atoms with Gasteiger partial charge in [-0.25, -0.2) is 4.79 Å². The fraction of sp³-hybridized carbons (Fsp3) is 0.269. The zero-order chi connectivity index (χ0) is 23.3.